The third-order valence-corrected chi connectivity index (χ3v) is 3.99. The van der Waals surface area contributed by atoms with Crippen molar-refractivity contribution >= 4 is 41.7 Å². The number of guanidine groups is 1. The van der Waals surface area contributed by atoms with Gasteiger partial charge in [-0.1, -0.05) is 6.07 Å². The highest BCUT2D eigenvalue weighted by atomic mass is 127. The average Bonchev–Trinajstić information content (AvgIpc) is 3.00. The maximum absolute atomic E-state index is 12.0. The van der Waals surface area contributed by atoms with E-state index in [0.29, 0.717) is 24.7 Å². The van der Waals surface area contributed by atoms with Gasteiger partial charge in [0.1, 0.15) is 5.82 Å². The SMILES string of the molecule is CN=C(NCCC(=O)Nc1cccc(C)n1)N1CCC(COC)C1.I. The van der Waals surface area contributed by atoms with Gasteiger partial charge in [0, 0.05) is 51.8 Å². The van der Waals surface area contributed by atoms with Crippen LogP contribution in [0.2, 0.25) is 0 Å². The lowest BCUT2D eigenvalue weighted by Gasteiger charge is -2.21. The minimum Gasteiger partial charge on any atom is -0.384 e. The summed E-state index contributed by atoms with van der Waals surface area (Å²) in [6.07, 6.45) is 1.47. The molecule has 1 atom stereocenters. The van der Waals surface area contributed by atoms with E-state index in [2.05, 4.69) is 25.5 Å². The number of amides is 1. The van der Waals surface area contributed by atoms with E-state index in [0.717, 1.165) is 37.8 Å². The fraction of sp³-hybridized carbons (Fsp3) is 0.588. The van der Waals surface area contributed by atoms with Crippen molar-refractivity contribution in [2.24, 2.45) is 10.9 Å². The van der Waals surface area contributed by atoms with Gasteiger partial charge in [-0.25, -0.2) is 4.98 Å². The summed E-state index contributed by atoms with van der Waals surface area (Å²) < 4.78 is 5.22. The van der Waals surface area contributed by atoms with Gasteiger partial charge in [-0.15, -0.1) is 24.0 Å². The molecule has 1 fully saturated rings. The predicted octanol–water partition coefficient (Wildman–Crippen LogP) is 1.88. The standard InChI is InChI=1S/C17H27N5O2.HI/c1-13-5-4-6-15(20-13)21-16(23)7-9-19-17(18-2)22-10-8-14(11-22)12-24-3;/h4-6,14H,7-12H2,1-3H3,(H,18,19)(H,20,21,23);1H. The number of hydrogen-bond acceptors (Lipinski definition) is 4. The second-order valence-electron chi connectivity index (χ2n) is 5.99. The average molecular weight is 461 g/mol. The van der Waals surface area contributed by atoms with Crippen molar-refractivity contribution in [1.29, 1.82) is 0 Å². The van der Waals surface area contributed by atoms with Crippen LogP contribution < -0.4 is 10.6 Å². The topological polar surface area (TPSA) is 78.8 Å². The third kappa shape index (κ3) is 7.15. The number of ether oxygens (including phenoxy) is 1. The van der Waals surface area contributed by atoms with Crippen LogP contribution in [0.1, 0.15) is 18.5 Å². The van der Waals surface area contributed by atoms with E-state index in [1.165, 1.54) is 0 Å². The minimum atomic E-state index is -0.0604. The molecular weight excluding hydrogens is 433 g/mol. The number of methoxy groups -OCH3 is 1. The van der Waals surface area contributed by atoms with Crippen LogP contribution in [0.3, 0.4) is 0 Å². The molecule has 7 nitrogen and oxygen atoms in total. The Labute approximate surface area is 166 Å². The monoisotopic (exact) mass is 461 g/mol. The number of likely N-dealkylation sites (tertiary alicyclic amines) is 1. The van der Waals surface area contributed by atoms with Crippen LogP contribution in [-0.4, -0.2) is 62.1 Å². The van der Waals surface area contributed by atoms with Crippen LogP contribution in [0.15, 0.2) is 23.2 Å². The largest absolute Gasteiger partial charge is 0.384 e. The molecule has 1 unspecified atom stereocenters. The lowest BCUT2D eigenvalue weighted by molar-refractivity contribution is -0.116. The molecule has 0 saturated carbocycles. The number of aryl methyl sites for hydroxylation is 1. The van der Waals surface area contributed by atoms with E-state index in [9.17, 15) is 4.79 Å². The number of aromatic nitrogens is 1. The summed E-state index contributed by atoms with van der Waals surface area (Å²) in [4.78, 5) is 22.8. The zero-order valence-corrected chi connectivity index (χ0v) is 17.4. The summed E-state index contributed by atoms with van der Waals surface area (Å²) in [5, 5.41) is 6.06. The summed E-state index contributed by atoms with van der Waals surface area (Å²) in [5.74, 6) is 1.92. The molecule has 2 N–H and O–H groups in total. The van der Waals surface area contributed by atoms with Gasteiger partial charge in [0.05, 0.1) is 6.61 Å². The number of anilines is 1. The van der Waals surface area contributed by atoms with E-state index in [-0.39, 0.29) is 29.9 Å². The molecule has 0 aliphatic carbocycles. The Bertz CT molecular complexity index is 582. The summed E-state index contributed by atoms with van der Waals surface area (Å²) in [7, 11) is 3.50. The van der Waals surface area contributed by atoms with E-state index >= 15 is 0 Å². The first-order valence-corrected chi connectivity index (χ1v) is 8.30. The number of carbonyl (C=O) groups excluding carboxylic acids is 1. The number of aliphatic imine (C=N–C) groups is 1. The van der Waals surface area contributed by atoms with Gasteiger partial charge >= 0.3 is 0 Å². The minimum absolute atomic E-state index is 0. The molecule has 0 bridgehead atoms. The number of carbonyl (C=O) groups is 1. The summed E-state index contributed by atoms with van der Waals surface area (Å²) in [5.41, 5.74) is 0.881. The van der Waals surface area contributed by atoms with Crippen molar-refractivity contribution < 1.29 is 9.53 Å². The Balaban J connectivity index is 0.00000312. The summed E-state index contributed by atoms with van der Waals surface area (Å²) >= 11 is 0. The molecule has 1 aromatic rings. The first-order chi connectivity index (χ1) is 11.6. The lowest BCUT2D eigenvalue weighted by atomic mass is 10.1. The van der Waals surface area contributed by atoms with Crippen molar-refractivity contribution in [3.8, 4) is 0 Å². The van der Waals surface area contributed by atoms with Crippen LogP contribution in [0.4, 0.5) is 5.82 Å². The van der Waals surface area contributed by atoms with Crippen LogP contribution in [0, 0.1) is 12.8 Å². The molecule has 2 rings (SSSR count). The highest BCUT2D eigenvalue weighted by molar-refractivity contribution is 14.0. The van der Waals surface area contributed by atoms with Gasteiger partial charge in [0.2, 0.25) is 5.91 Å². The van der Waals surface area contributed by atoms with Crippen LogP contribution >= 0.6 is 24.0 Å². The lowest BCUT2D eigenvalue weighted by Crippen LogP contribution is -2.41. The molecule has 8 heteroatoms. The van der Waals surface area contributed by atoms with Gasteiger partial charge in [0.15, 0.2) is 5.96 Å². The molecule has 1 aromatic heterocycles. The summed E-state index contributed by atoms with van der Waals surface area (Å²) in [6.45, 7) is 5.11. The Morgan fingerprint density at radius 2 is 2.28 bits per heavy atom. The van der Waals surface area contributed by atoms with E-state index in [1.54, 1.807) is 20.2 Å². The van der Waals surface area contributed by atoms with Crippen molar-refractivity contribution in [1.82, 2.24) is 15.2 Å². The smallest absolute Gasteiger partial charge is 0.227 e. The molecule has 1 aliphatic heterocycles. The highest BCUT2D eigenvalue weighted by Crippen LogP contribution is 2.16. The molecule has 1 amide bonds. The van der Waals surface area contributed by atoms with E-state index < -0.39 is 0 Å². The molecule has 2 heterocycles. The number of hydrogen-bond donors (Lipinski definition) is 2. The number of rotatable bonds is 6. The zero-order valence-electron chi connectivity index (χ0n) is 15.1. The first kappa shape index (κ1) is 21.6. The molecule has 1 aliphatic rings. The quantitative estimate of drug-likeness (QED) is 0.385. The first-order valence-electron chi connectivity index (χ1n) is 8.30. The van der Waals surface area contributed by atoms with Crippen molar-refractivity contribution in [2.75, 3.05) is 45.7 Å². The number of nitrogens with one attached hydrogen (secondary N) is 2. The second kappa shape index (κ2) is 11.2. The van der Waals surface area contributed by atoms with Gasteiger partial charge in [-0.2, -0.15) is 0 Å². The summed E-state index contributed by atoms with van der Waals surface area (Å²) in [6, 6.07) is 5.56. The maximum Gasteiger partial charge on any atom is 0.227 e. The number of halogens is 1. The molecule has 0 aromatic carbocycles. The van der Waals surface area contributed by atoms with Crippen LogP contribution in [0.25, 0.3) is 0 Å². The Morgan fingerprint density at radius 3 is 2.96 bits per heavy atom. The zero-order chi connectivity index (χ0) is 17.4. The predicted molar refractivity (Wildman–Crippen MR) is 111 cm³/mol. The Morgan fingerprint density at radius 1 is 1.48 bits per heavy atom. The maximum atomic E-state index is 12.0. The van der Waals surface area contributed by atoms with Gasteiger partial charge in [-0.05, 0) is 25.5 Å². The van der Waals surface area contributed by atoms with Gasteiger partial charge in [-0.3, -0.25) is 9.79 Å². The molecular formula is C17H28IN5O2. The third-order valence-electron chi connectivity index (χ3n) is 3.99. The van der Waals surface area contributed by atoms with Crippen LogP contribution in [0.5, 0.6) is 0 Å². The molecule has 1 saturated heterocycles. The van der Waals surface area contributed by atoms with Crippen molar-refractivity contribution in [3.63, 3.8) is 0 Å². The molecule has 0 spiro atoms. The molecule has 25 heavy (non-hydrogen) atoms. The highest BCUT2D eigenvalue weighted by Gasteiger charge is 2.24. The fourth-order valence-corrected chi connectivity index (χ4v) is 2.83. The Kier molecular flexibility index (Phi) is 9.73. The number of pyridine rings is 1. The molecule has 0 radical (unpaired) electrons. The normalized spacial score (nSPS) is 17.2. The number of nitrogens with zero attached hydrogens (tertiary/aromatic N) is 3. The Hall–Kier alpha value is -1.42. The molecule has 140 valence electrons. The van der Waals surface area contributed by atoms with Gasteiger partial charge in [0.25, 0.3) is 0 Å². The second-order valence-corrected chi connectivity index (χ2v) is 5.99. The van der Waals surface area contributed by atoms with Crippen molar-refractivity contribution in [2.45, 2.75) is 19.8 Å². The van der Waals surface area contributed by atoms with E-state index in [4.69, 9.17) is 4.74 Å². The fourth-order valence-electron chi connectivity index (χ4n) is 2.83. The van der Waals surface area contributed by atoms with Gasteiger partial charge < -0.3 is 20.3 Å². The van der Waals surface area contributed by atoms with E-state index in [1.807, 2.05) is 19.1 Å². The van der Waals surface area contributed by atoms with Crippen LogP contribution in [-0.2, 0) is 9.53 Å². The van der Waals surface area contributed by atoms with Crippen molar-refractivity contribution in [3.05, 3.63) is 23.9 Å².